The molecule has 0 aromatic carbocycles. The molecular formula is C9H14N2. The van der Waals surface area contributed by atoms with Crippen LogP contribution < -0.4 is 5.73 Å². The highest BCUT2D eigenvalue weighted by molar-refractivity contribution is 5.09. The second-order valence-electron chi connectivity index (χ2n) is 2.73. The summed E-state index contributed by atoms with van der Waals surface area (Å²) in [6, 6.07) is 4.28. The van der Waals surface area contributed by atoms with E-state index in [0.29, 0.717) is 0 Å². The van der Waals surface area contributed by atoms with Crippen LogP contribution in [0.4, 0.5) is 0 Å². The molecule has 1 atom stereocenters. The van der Waals surface area contributed by atoms with E-state index < -0.39 is 0 Å². The van der Waals surface area contributed by atoms with Crippen LogP contribution in [0.2, 0.25) is 0 Å². The van der Waals surface area contributed by atoms with Crippen LogP contribution in [0.15, 0.2) is 24.5 Å². The van der Waals surface area contributed by atoms with Crippen molar-refractivity contribution in [3.05, 3.63) is 30.1 Å². The molecule has 0 saturated heterocycles. The van der Waals surface area contributed by atoms with Gasteiger partial charge in [-0.15, -0.1) is 0 Å². The van der Waals surface area contributed by atoms with Gasteiger partial charge in [-0.3, -0.25) is 4.98 Å². The summed E-state index contributed by atoms with van der Waals surface area (Å²) >= 11 is 0. The Labute approximate surface area is 67.5 Å². The molecule has 1 heterocycles. The Morgan fingerprint density at radius 2 is 2.45 bits per heavy atom. The number of nitrogens with two attached hydrogens (primary N) is 1. The van der Waals surface area contributed by atoms with Crippen molar-refractivity contribution in [2.45, 2.75) is 25.8 Å². The predicted octanol–water partition coefficient (Wildman–Crippen LogP) is 1.36. The maximum atomic E-state index is 5.78. The molecule has 1 aromatic heterocycles. The largest absolute Gasteiger partial charge is 0.327 e. The lowest BCUT2D eigenvalue weighted by Gasteiger charge is -2.06. The van der Waals surface area contributed by atoms with Crippen LogP contribution in [0.1, 0.15) is 18.9 Å². The topological polar surface area (TPSA) is 38.9 Å². The van der Waals surface area contributed by atoms with Crippen molar-refractivity contribution in [3.8, 4) is 0 Å². The molecule has 2 nitrogen and oxygen atoms in total. The Kier molecular flexibility index (Phi) is 3.05. The molecule has 0 saturated carbocycles. The van der Waals surface area contributed by atoms with E-state index in [0.717, 1.165) is 12.8 Å². The zero-order chi connectivity index (χ0) is 8.10. The van der Waals surface area contributed by atoms with Gasteiger partial charge in [0.1, 0.15) is 0 Å². The summed E-state index contributed by atoms with van der Waals surface area (Å²) in [6.45, 7) is 2.10. The van der Waals surface area contributed by atoms with E-state index in [1.165, 1.54) is 5.56 Å². The first-order valence-corrected chi connectivity index (χ1v) is 3.97. The van der Waals surface area contributed by atoms with Crippen molar-refractivity contribution in [3.63, 3.8) is 0 Å². The van der Waals surface area contributed by atoms with Gasteiger partial charge in [0, 0.05) is 18.4 Å². The molecule has 0 aliphatic carbocycles. The third-order valence-corrected chi connectivity index (χ3v) is 1.75. The lowest BCUT2D eigenvalue weighted by molar-refractivity contribution is 0.645. The summed E-state index contributed by atoms with van der Waals surface area (Å²) in [5.41, 5.74) is 7.00. The molecule has 11 heavy (non-hydrogen) atoms. The highest BCUT2D eigenvalue weighted by Gasteiger charge is 1.99. The standard InChI is InChI=1S/C9H14N2/c1-2-9(10)6-8-4-3-5-11-7-8/h3-5,7,9H,2,6,10H2,1H3. The maximum absolute atomic E-state index is 5.78. The molecule has 1 aromatic rings. The minimum absolute atomic E-state index is 0.277. The van der Waals surface area contributed by atoms with Crippen molar-refractivity contribution in [1.29, 1.82) is 0 Å². The van der Waals surface area contributed by atoms with Gasteiger partial charge in [0.2, 0.25) is 0 Å². The number of hydrogen-bond donors (Lipinski definition) is 1. The minimum Gasteiger partial charge on any atom is -0.327 e. The average Bonchev–Trinajstić information content (AvgIpc) is 2.06. The Hall–Kier alpha value is -0.890. The Bertz CT molecular complexity index is 196. The van der Waals surface area contributed by atoms with Crippen molar-refractivity contribution in [2.75, 3.05) is 0 Å². The zero-order valence-corrected chi connectivity index (χ0v) is 6.83. The SMILES string of the molecule is CCC(N)Cc1cccnc1. The van der Waals surface area contributed by atoms with Crippen LogP contribution in [-0.4, -0.2) is 11.0 Å². The molecule has 0 radical (unpaired) electrons. The lowest BCUT2D eigenvalue weighted by Crippen LogP contribution is -2.21. The third-order valence-electron chi connectivity index (χ3n) is 1.75. The average molecular weight is 150 g/mol. The van der Waals surface area contributed by atoms with Crippen LogP contribution in [0, 0.1) is 0 Å². The number of hydrogen-bond acceptors (Lipinski definition) is 2. The van der Waals surface area contributed by atoms with Crippen LogP contribution in [0.3, 0.4) is 0 Å². The number of aromatic nitrogens is 1. The quantitative estimate of drug-likeness (QED) is 0.706. The van der Waals surface area contributed by atoms with Gasteiger partial charge in [0.25, 0.3) is 0 Å². The monoisotopic (exact) mass is 150 g/mol. The van der Waals surface area contributed by atoms with Crippen molar-refractivity contribution in [1.82, 2.24) is 4.98 Å². The third kappa shape index (κ3) is 2.68. The van der Waals surface area contributed by atoms with E-state index in [1.54, 1.807) is 6.20 Å². The normalized spacial score (nSPS) is 12.9. The smallest absolute Gasteiger partial charge is 0.0300 e. The van der Waals surface area contributed by atoms with Crippen LogP contribution in [-0.2, 0) is 6.42 Å². The molecule has 0 fully saturated rings. The summed E-state index contributed by atoms with van der Waals surface area (Å²) < 4.78 is 0. The molecule has 2 N–H and O–H groups in total. The van der Waals surface area contributed by atoms with Crippen LogP contribution >= 0.6 is 0 Å². The first-order valence-electron chi connectivity index (χ1n) is 3.97. The lowest BCUT2D eigenvalue weighted by atomic mass is 10.1. The van der Waals surface area contributed by atoms with Crippen molar-refractivity contribution in [2.24, 2.45) is 5.73 Å². The second kappa shape index (κ2) is 4.09. The number of nitrogens with zero attached hydrogens (tertiary/aromatic N) is 1. The Morgan fingerprint density at radius 3 is 3.00 bits per heavy atom. The molecule has 0 aliphatic rings. The van der Waals surface area contributed by atoms with Gasteiger partial charge in [-0.2, -0.15) is 0 Å². The summed E-state index contributed by atoms with van der Waals surface area (Å²) in [7, 11) is 0. The van der Waals surface area contributed by atoms with Crippen LogP contribution in [0.5, 0.6) is 0 Å². The summed E-state index contributed by atoms with van der Waals surface area (Å²) in [5.74, 6) is 0. The zero-order valence-electron chi connectivity index (χ0n) is 6.83. The van der Waals surface area contributed by atoms with Crippen molar-refractivity contribution >= 4 is 0 Å². The summed E-state index contributed by atoms with van der Waals surface area (Å²) in [6.07, 6.45) is 5.61. The molecule has 60 valence electrons. The molecule has 1 unspecified atom stereocenters. The molecule has 0 spiro atoms. The molecular weight excluding hydrogens is 136 g/mol. The van der Waals surface area contributed by atoms with Gasteiger partial charge in [-0.05, 0) is 24.5 Å². The first-order chi connectivity index (χ1) is 5.33. The molecule has 0 bridgehead atoms. The van der Waals surface area contributed by atoms with E-state index in [2.05, 4.69) is 18.0 Å². The molecule has 0 aliphatic heterocycles. The fourth-order valence-electron chi connectivity index (χ4n) is 0.966. The fourth-order valence-corrected chi connectivity index (χ4v) is 0.966. The van der Waals surface area contributed by atoms with Gasteiger partial charge in [0.15, 0.2) is 0 Å². The fraction of sp³-hybridized carbons (Fsp3) is 0.444. The molecule has 0 amide bonds. The summed E-state index contributed by atoms with van der Waals surface area (Å²) in [5, 5.41) is 0. The Morgan fingerprint density at radius 1 is 1.64 bits per heavy atom. The van der Waals surface area contributed by atoms with Gasteiger partial charge in [0.05, 0.1) is 0 Å². The predicted molar refractivity (Wildman–Crippen MR) is 46.2 cm³/mol. The van der Waals surface area contributed by atoms with Gasteiger partial charge in [-0.25, -0.2) is 0 Å². The van der Waals surface area contributed by atoms with E-state index in [9.17, 15) is 0 Å². The minimum atomic E-state index is 0.277. The first kappa shape index (κ1) is 8.21. The van der Waals surface area contributed by atoms with Gasteiger partial charge < -0.3 is 5.73 Å². The van der Waals surface area contributed by atoms with E-state index in [1.807, 2.05) is 12.3 Å². The molecule has 1 rings (SSSR count). The Balaban J connectivity index is 2.51. The van der Waals surface area contributed by atoms with E-state index in [-0.39, 0.29) is 6.04 Å². The molecule has 2 heteroatoms. The van der Waals surface area contributed by atoms with Gasteiger partial charge >= 0.3 is 0 Å². The highest BCUT2D eigenvalue weighted by atomic mass is 14.6. The number of pyridine rings is 1. The van der Waals surface area contributed by atoms with Gasteiger partial charge in [-0.1, -0.05) is 13.0 Å². The second-order valence-corrected chi connectivity index (χ2v) is 2.73. The highest BCUT2D eigenvalue weighted by Crippen LogP contribution is 2.01. The van der Waals surface area contributed by atoms with Crippen molar-refractivity contribution < 1.29 is 0 Å². The van der Waals surface area contributed by atoms with E-state index in [4.69, 9.17) is 5.73 Å². The van der Waals surface area contributed by atoms with Crippen LogP contribution in [0.25, 0.3) is 0 Å². The van der Waals surface area contributed by atoms with E-state index >= 15 is 0 Å². The maximum Gasteiger partial charge on any atom is 0.0300 e. The number of rotatable bonds is 3. The summed E-state index contributed by atoms with van der Waals surface area (Å²) in [4.78, 5) is 4.02.